The van der Waals surface area contributed by atoms with Crippen LogP contribution in [0.1, 0.15) is 18.3 Å². The summed E-state index contributed by atoms with van der Waals surface area (Å²) in [6.07, 6.45) is 3.79. The fourth-order valence-corrected chi connectivity index (χ4v) is 3.17. The van der Waals surface area contributed by atoms with Crippen LogP contribution >= 0.6 is 0 Å². The molecule has 0 spiro atoms. The molecular formula is C21H16N4O. The monoisotopic (exact) mass is 340 g/mol. The van der Waals surface area contributed by atoms with Gasteiger partial charge in [-0.15, -0.1) is 0 Å². The van der Waals surface area contributed by atoms with Gasteiger partial charge in [0.15, 0.2) is 5.82 Å². The van der Waals surface area contributed by atoms with Crippen LogP contribution in [-0.2, 0) is 6.54 Å². The Morgan fingerprint density at radius 2 is 1.92 bits per heavy atom. The van der Waals surface area contributed by atoms with Gasteiger partial charge >= 0.3 is 0 Å². The Bertz CT molecular complexity index is 1250. The molecule has 126 valence electrons. The first-order valence-electron chi connectivity index (χ1n) is 8.40. The van der Waals surface area contributed by atoms with Gasteiger partial charge < -0.3 is 9.55 Å². The van der Waals surface area contributed by atoms with Crippen molar-refractivity contribution < 1.29 is 0 Å². The Labute approximate surface area is 149 Å². The number of benzene rings is 2. The molecule has 0 aliphatic carbocycles. The number of fused-ring (bicyclic) bond motifs is 2. The molecular weight excluding hydrogens is 324 g/mol. The molecule has 4 rings (SSSR count). The van der Waals surface area contributed by atoms with Crippen LogP contribution < -0.4 is 5.56 Å². The Hall–Kier alpha value is -3.65. The van der Waals surface area contributed by atoms with Crippen LogP contribution in [-0.4, -0.2) is 14.5 Å². The Balaban J connectivity index is 1.92. The van der Waals surface area contributed by atoms with E-state index in [1.54, 1.807) is 24.3 Å². The SMILES string of the molecule is CCn1cc(/C=C(/C#N)c2nc3ccccc3c(=O)[nH]2)c2ccccc21. The van der Waals surface area contributed by atoms with Crippen LogP contribution in [0.25, 0.3) is 33.5 Å². The summed E-state index contributed by atoms with van der Waals surface area (Å²) in [6, 6.07) is 17.3. The van der Waals surface area contributed by atoms with Crippen molar-refractivity contribution in [3.05, 3.63) is 76.5 Å². The number of rotatable bonds is 3. The second kappa shape index (κ2) is 6.34. The number of nitrogens with zero attached hydrogens (tertiary/aromatic N) is 3. The van der Waals surface area contributed by atoms with E-state index in [0.29, 0.717) is 16.5 Å². The van der Waals surface area contributed by atoms with Gasteiger partial charge in [0, 0.05) is 29.2 Å². The van der Waals surface area contributed by atoms with Crippen molar-refractivity contribution in [3.63, 3.8) is 0 Å². The number of aryl methyl sites for hydroxylation is 1. The molecule has 2 heterocycles. The zero-order valence-corrected chi connectivity index (χ0v) is 14.2. The highest BCUT2D eigenvalue weighted by Gasteiger charge is 2.11. The van der Waals surface area contributed by atoms with Crippen molar-refractivity contribution in [3.8, 4) is 6.07 Å². The summed E-state index contributed by atoms with van der Waals surface area (Å²) < 4.78 is 2.13. The number of para-hydroxylation sites is 2. The Morgan fingerprint density at radius 3 is 2.69 bits per heavy atom. The molecule has 26 heavy (non-hydrogen) atoms. The summed E-state index contributed by atoms with van der Waals surface area (Å²) in [5, 5.41) is 11.2. The maximum Gasteiger partial charge on any atom is 0.259 e. The van der Waals surface area contributed by atoms with E-state index in [1.807, 2.05) is 30.5 Å². The molecule has 5 nitrogen and oxygen atoms in total. The zero-order chi connectivity index (χ0) is 18.1. The highest BCUT2D eigenvalue weighted by atomic mass is 16.1. The van der Waals surface area contributed by atoms with Crippen LogP contribution in [0, 0.1) is 11.3 Å². The van der Waals surface area contributed by atoms with E-state index < -0.39 is 0 Å². The van der Waals surface area contributed by atoms with Crippen molar-refractivity contribution in [2.45, 2.75) is 13.5 Å². The van der Waals surface area contributed by atoms with Crippen LogP contribution in [0.4, 0.5) is 0 Å². The van der Waals surface area contributed by atoms with E-state index >= 15 is 0 Å². The topological polar surface area (TPSA) is 74.5 Å². The number of aromatic nitrogens is 3. The van der Waals surface area contributed by atoms with E-state index in [4.69, 9.17) is 0 Å². The maximum atomic E-state index is 12.3. The third-order valence-electron chi connectivity index (χ3n) is 4.45. The van der Waals surface area contributed by atoms with Crippen LogP contribution in [0.5, 0.6) is 0 Å². The van der Waals surface area contributed by atoms with Crippen molar-refractivity contribution in [2.24, 2.45) is 0 Å². The van der Waals surface area contributed by atoms with Gasteiger partial charge in [-0.3, -0.25) is 4.79 Å². The zero-order valence-electron chi connectivity index (χ0n) is 14.2. The predicted molar refractivity (Wildman–Crippen MR) is 103 cm³/mol. The molecule has 0 aliphatic heterocycles. The second-order valence-corrected chi connectivity index (χ2v) is 5.99. The molecule has 1 N–H and O–H groups in total. The molecule has 0 atom stereocenters. The first-order chi connectivity index (χ1) is 12.7. The number of H-pyrrole nitrogens is 1. The summed E-state index contributed by atoms with van der Waals surface area (Å²) in [5.74, 6) is 0.282. The summed E-state index contributed by atoms with van der Waals surface area (Å²) in [6.45, 7) is 2.91. The lowest BCUT2D eigenvalue weighted by Gasteiger charge is -2.01. The number of aromatic amines is 1. The maximum absolute atomic E-state index is 12.3. The second-order valence-electron chi connectivity index (χ2n) is 5.99. The molecule has 0 aliphatic rings. The molecule has 2 aromatic heterocycles. The van der Waals surface area contributed by atoms with Crippen molar-refractivity contribution in [1.82, 2.24) is 14.5 Å². The van der Waals surface area contributed by atoms with Gasteiger partial charge in [-0.1, -0.05) is 30.3 Å². The molecule has 5 heteroatoms. The number of nitriles is 1. The van der Waals surface area contributed by atoms with Crippen LogP contribution in [0.15, 0.2) is 59.5 Å². The van der Waals surface area contributed by atoms with E-state index in [0.717, 1.165) is 23.0 Å². The largest absolute Gasteiger partial charge is 0.347 e. The third-order valence-corrected chi connectivity index (χ3v) is 4.45. The number of hydrogen-bond donors (Lipinski definition) is 1. The standard InChI is InChI=1S/C21H16N4O/c1-2-25-13-15(16-7-4-6-10-19(16)25)11-14(12-22)20-23-18-9-5-3-8-17(18)21(26)24-20/h3-11,13H,2H2,1H3,(H,23,24,26)/b14-11-. The van der Waals surface area contributed by atoms with Crippen LogP contribution in [0.3, 0.4) is 0 Å². The quantitative estimate of drug-likeness (QED) is 0.574. The lowest BCUT2D eigenvalue weighted by atomic mass is 10.1. The van der Waals surface area contributed by atoms with Crippen molar-refractivity contribution in [2.75, 3.05) is 0 Å². The fourth-order valence-electron chi connectivity index (χ4n) is 3.17. The smallest absolute Gasteiger partial charge is 0.259 e. The van der Waals surface area contributed by atoms with Gasteiger partial charge in [0.25, 0.3) is 5.56 Å². The van der Waals surface area contributed by atoms with E-state index in [1.165, 1.54) is 0 Å². The van der Waals surface area contributed by atoms with E-state index in [-0.39, 0.29) is 11.4 Å². The first-order valence-corrected chi connectivity index (χ1v) is 8.40. The normalized spacial score (nSPS) is 11.8. The number of nitrogens with one attached hydrogen (secondary N) is 1. The number of allylic oxidation sites excluding steroid dienone is 1. The molecule has 0 unspecified atom stereocenters. The van der Waals surface area contributed by atoms with Crippen molar-refractivity contribution >= 4 is 33.5 Å². The van der Waals surface area contributed by atoms with Gasteiger partial charge in [0.05, 0.1) is 16.5 Å². The third kappa shape index (κ3) is 2.58. The molecule has 0 radical (unpaired) electrons. The summed E-state index contributed by atoms with van der Waals surface area (Å²) in [5.41, 5.74) is 2.69. The van der Waals surface area contributed by atoms with Gasteiger partial charge in [-0.25, -0.2) is 4.98 Å². The molecule has 0 saturated heterocycles. The average Bonchev–Trinajstić information content (AvgIpc) is 3.04. The average molecular weight is 340 g/mol. The summed E-state index contributed by atoms with van der Waals surface area (Å²) >= 11 is 0. The van der Waals surface area contributed by atoms with Crippen LogP contribution in [0.2, 0.25) is 0 Å². The Kier molecular flexibility index (Phi) is 3.86. The highest BCUT2D eigenvalue weighted by molar-refractivity contribution is 5.97. The van der Waals surface area contributed by atoms with E-state index in [2.05, 4.69) is 33.6 Å². The minimum atomic E-state index is -0.247. The minimum Gasteiger partial charge on any atom is -0.347 e. The molecule has 2 aromatic carbocycles. The molecule has 0 saturated carbocycles. The summed E-state index contributed by atoms with van der Waals surface area (Å²) in [4.78, 5) is 19.5. The Morgan fingerprint density at radius 1 is 1.19 bits per heavy atom. The first kappa shape index (κ1) is 15.9. The molecule has 0 amide bonds. The van der Waals surface area contributed by atoms with Gasteiger partial charge in [0.2, 0.25) is 0 Å². The number of hydrogen-bond acceptors (Lipinski definition) is 3. The van der Waals surface area contributed by atoms with Gasteiger partial charge in [-0.2, -0.15) is 5.26 Å². The summed E-state index contributed by atoms with van der Waals surface area (Å²) in [7, 11) is 0. The fraction of sp³-hybridized carbons (Fsp3) is 0.0952. The molecule has 4 aromatic rings. The lowest BCUT2D eigenvalue weighted by molar-refractivity contribution is 0.797. The van der Waals surface area contributed by atoms with Gasteiger partial charge in [0.1, 0.15) is 6.07 Å². The molecule has 0 bridgehead atoms. The van der Waals surface area contributed by atoms with E-state index in [9.17, 15) is 10.1 Å². The minimum absolute atomic E-state index is 0.247. The highest BCUT2D eigenvalue weighted by Crippen LogP contribution is 2.25. The molecule has 0 fully saturated rings. The van der Waals surface area contributed by atoms with Crippen molar-refractivity contribution in [1.29, 1.82) is 5.26 Å². The lowest BCUT2D eigenvalue weighted by Crippen LogP contribution is -2.11. The van der Waals surface area contributed by atoms with Gasteiger partial charge in [-0.05, 0) is 31.2 Å². The predicted octanol–water partition coefficient (Wildman–Crippen LogP) is 3.96.